The van der Waals surface area contributed by atoms with Crippen molar-refractivity contribution in [1.29, 1.82) is 0 Å². The molecule has 2 aromatic rings. The lowest BCUT2D eigenvalue weighted by Crippen LogP contribution is -2.33. The largest absolute Gasteiger partial charge is 0.465 e. The number of rotatable bonds is 4. The third-order valence-corrected chi connectivity index (χ3v) is 4.44. The normalized spacial score (nSPS) is 15.0. The molecule has 1 aliphatic rings. The molecule has 0 fully saturated rings. The number of carbonyl (C=O) groups is 3. The van der Waals surface area contributed by atoms with E-state index in [-0.39, 0.29) is 24.3 Å². The summed E-state index contributed by atoms with van der Waals surface area (Å²) in [5.41, 5.74) is 2.91. The van der Waals surface area contributed by atoms with E-state index < -0.39 is 5.97 Å². The van der Waals surface area contributed by atoms with Gasteiger partial charge in [0.15, 0.2) is 0 Å². The maximum absolute atomic E-state index is 12.6. The molecule has 27 heavy (non-hydrogen) atoms. The summed E-state index contributed by atoms with van der Waals surface area (Å²) in [4.78, 5) is 37.6. The first-order valence-corrected chi connectivity index (χ1v) is 8.54. The van der Waals surface area contributed by atoms with E-state index >= 15 is 0 Å². The third-order valence-electron chi connectivity index (χ3n) is 4.44. The molecule has 0 aliphatic carbocycles. The van der Waals surface area contributed by atoms with E-state index in [0.29, 0.717) is 11.3 Å². The molecule has 0 radical (unpaired) electrons. The topological polar surface area (TPSA) is 75.7 Å². The number of methoxy groups -OCH3 is 1. The summed E-state index contributed by atoms with van der Waals surface area (Å²) in [5, 5.41) is 2.81. The summed E-state index contributed by atoms with van der Waals surface area (Å²) in [6.45, 7) is 1.48. The zero-order valence-electron chi connectivity index (χ0n) is 15.1. The number of amides is 2. The Hall–Kier alpha value is -3.41. The van der Waals surface area contributed by atoms with Crippen molar-refractivity contribution >= 4 is 29.5 Å². The van der Waals surface area contributed by atoms with E-state index in [1.165, 1.54) is 14.0 Å². The van der Waals surface area contributed by atoms with E-state index in [4.69, 9.17) is 0 Å². The summed E-state index contributed by atoms with van der Waals surface area (Å²) < 4.78 is 4.66. The minimum Gasteiger partial charge on any atom is -0.465 e. The highest BCUT2D eigenvalue weighted by Crippen LogP contribution is 2.33. The Morgan fingerprint density at radius 1 is 1.07 bits per heavy atom. The van der Waals surface area contributed by atoms with Crippen LogP contribution < -0.4 is 5.32 Å². The summed E-state index contributed by atoms with van der Waals surface area (Å²) in [6, 6.07) is 13.8. The maximum atomic E-state index is 12.6. The van der Waals surface area contributed by atoms with Gasteiger partial charge >= 0.3 is 5.97 Å². The highest BCUT2D eigenvalue weighted by atomic mass is 16.5. The molecule has 1 aliphatic heterocycles. The van der Waals surface area contributed by atoms with Gasteiger partial charge in [0, 0.05) is 18.8 Å². The Morgan fingerprint density at radius 2 is 1.78 bits per heavy atom. The van der Waals surface area contributed by atoms with Crippen molar-refractivity contribution in [2.75, 3.05) is 12.4 Å². The zero-order chi connectivity index (χ0) is 19.4. The molecule has 0 aromatic heterocycles. The molecule has 6 heteroatoms. The molecule has 6 nitrogen and oxygen atoms in total. The Morgan fingerprint density at radius 3 is 2.44 bits per heavy atom. The van der Waals surface area contributed by atoms with Crippen molar-refractivity contribution < 1.29 is 19.1 Å². The van der Waals surface area contributed by atoms with Gasteiger partial charge in [0.05, 0.1) is 25.1 Å². The lowest BCUT2D eigenvalue weighted by molar-refractivity contribution is -0.129. The molecule has 3 rings (SSSR count). The molecule has 0 saturated carbocycles. The number of hydrogen-bond acceptors (Lipinski definition) is 4. The highest BCUT2D eigenvalue weighted by Gasteiger charge is 2.28. The second-order valence-electron chi connectivity index (χ2n) is 6.21. The average molecular weight is 364 g/mol. The molecular formula is C21H20N2O4. The predicted octanol–water partition coefficient (Wildman–Crippen LogP) is 3.38. The van der Waals surface area contributed by atoms with Crippen LogP contribution in [0.25, 0.3) is 6.08 Å². The quantitative estimate of drug-likeness (QED) is 0.844. The van der Waals surface area contributed by atoms with Crippen LogP contribution >= 0.6 is 0 Å². The van der Waals surface area contributed by atoms with E-state index in [9.17, 15) is 14.4 Å². The summed E-state index contributed by atoms with van der Waals surface area (Å²) in [7, 11) is 1.31. The fourth-order valence-electron chi connectivity index (χ4n) is 3.11. The van der Waals surface area contributed by atoms with Gasteiger partial charge in [-0.2, -0.15) is 0 Å². The first-order valence-electron chi connectivity index (χ1n) is 8.54. The van der Waals surface area contributed by atoms with E-state index in [1.807, 2.05) is 30.3 Å². The Balaban J connectivity index is 1.75. The average Bonchev–Trinajstić information content (AvgIpc) is 2.68. The minimum absolute atomic E-state index is 0.124. The van der Waals surface area contributed by atoms with E-state index in [0.717, 1.165) is 11.1 Å². The fraction of sp³-hybridized carbons (Fsp3) is 0.190. The van der Waals surface area contributed by atoms with Crippen molar-refractivity contribution in [3.63, 3.8) is 0 Å². The second-order valence-corrected chi connectivity index (χ2v) is 6.21. The van der Waals surface area contributed by atoms with Crippen LogP contribution in [0.3, 0.4) is 0 Å². The van der Waals surface area contributed by atoms with Crippen molar-refractivity contribution in [3.05, 3.63) is 71.4 Å². The van der Waals surface area contributed by atoms with Gasteiger partial charge in [0.2, 0.25) is 11.8 Å². The first-order chi connectivity index (χ1) is 13.0. The lowest BCUT2D eigenvalue weighted by Gasteiger charge is -2.32. The van der Waals surface area contributed by atoms with E-state index in [2.05, 4.69) is 10.1 Å². The number of benzene rings is 2. The number of esters is 1. The predicted molar refractivity (Wildman–Crippen MR) is 102 cm³/mol. The number of fused-ring (bicyclic) bond motifs is 1. The highest BCUT2D eigenvalue weighted by molar-refractivity contribution is 5.93. The summed E-state index contributed by atoms with van der Waals surface area (Å²) in [6.07, 6.45) is 3.71. The van der Waals surface area contributed by atoms with Gasteiger partial charge in [-0.15, -0.1) is 0 Å². The van der Waals surface area contributed by atoms with Crippen LogP contribution in [-0.4, -0.2) is 29.8 Å². The van der Waals surface area contributed by atoms with Gasteiger partial charge in [0.25, 0.3) is 0 Å². The molecule has 2 aromatic carbocycles. The SMILES string of the molecule is COC(=O)c1ccc(NC(=O)CC2c3ccccc3C=CN2C(C)=O)cc1. The van der Waals surface area contributed by atoms with Crippen LogP contribution in [0, 0.1) is 0 Å². The van der Waals surface area contributed by atoms with Crippen molar-refractivity contribution in [2.24, 2.45) is 0 Å². The van der Waals surface area contributed by atoms with Crippen LogP contribution in [0.5, 0.6) is 0 Å². The molecule has 1 heterocycles. The number of nitrogens with zero attached hydrogens (tertiary/aromatic N) is 1. The molecule has 0 bridgehead atoms. The zero-order valence-corrected chi connectivity index (χ0v) is 15.1. The molecule has 2 amide bonds. The van der Waals surface area contributed by atoms with E-state index in [1.54, 1.807) is 35.4 Å². The van der Waals surface area contributed by atoms with Gasteiger partial charge in [-0.1, -0.05) is 24.3 Å². The van der Waals surface area contributed by atoms with Crippen LogP contribution in [-0.2, 0) is 14.3 Å². The number of ether oxygens (including phenoxy) is 1. The smallest absolute Gasteiger partial charge is 0.337 e. The van der Waals surface area contributed by atoms with Crippen LogP contribution in [0.2, 0.25) is 0 Å². The second kappa shape index (κ2) is 7.86. The van der Waals surface area contributed by atoms with Crippen LogP contribution in [0.15, 0.2) is 54.7 Å². The Labute approximate surface area is 157 Å². The molecule has 0 saturated heterocycles. The fourth-order valence-corrected chi connectivity index (χ4v) is 3.11. The minimum atomic E-state index is -0.435. The molecular weight excluding hydrogens is 344 g/mol. The van der Waals surface area contributed by atoms with Crippen molar-refractivity contribution in [3.8, 4) is 0 Å². The van der Waals surface area contributed by atoms with Crippen LogP contribution in [0.1, 0.15) is 40.9 Å². The van der Waals surface area contributed by atoms with Gasteiger partial charge in [-0.25, -0.2) is 4.79 Å². The number of nitrogens with one attached hydrogen (secondary N) is 1. The van der Waals surface area contributed by atoms with Crippen molar-refractivity contribution in [2.45, 2.75) is 19.4 Å². The van der Waals surface area contributed by atoms with Gasteiger partial charge < -0.3 is 15.0 Å². The summed E-state index contributed by atoms with van der Waals surface area (Å²) in [5.74, 6) is -0.779. The molecule has 1 atom stereocenters. The molecule has 1 unspecified atom stereocenters. The Bertz CT molecular complexity index is 903. The van der Waals surface area contributed by atoms with Crippen LogP contribution in [0.4, 0.5) is 5.69 Å². The number of carbonyl (C=O) groups excluding carboxylic acids is 3. The van der Waals surface area contributed by atoms with Gasteiger partial charge in [-0.3, -0.25) is 9.59 Å². The summed E-state index contributed by atoms with van der Waals surface area (Å²) >= 11 is 0. The molecule has 138 valence electrons. The molecule has 0 spiro atoms. The molecule has 1 N–H and O–H groups in total. The lowest BCUT2D eigenvalue weighted by atomic mass is 9.93. The standard InChI is InChI=1S/C21H20N2O4/c1-14(24)23-12-11-15-5-3-4-6-18(15)19(23)13-20(25)22-17-9-7-16(8-10-17)21(26)27-2/h3-12,19H,13H2,1-2H3,(H,22,25). The first kappa shape index (κ1) is 18.4. The van der Waals surface area contributed by atoms with Gasteiger partial charge in [0.1, 0.15) is 0 Å². The monoisotopic (exact) mass is 364 g/mol. The third kappa shape index (κ3) is 4.06. The number of hydrogen-bond donors (Lipinski definition) is 1. The van der Waals surface area contributed by atoms with Crippen molar-refractivity contribution in [1.82, 2.24) is 4.90 Å². The maximum Gasteiger partial charge on any atom is 0.337 e. The number of anilines is 1. The Kier molecular flexibility index (Phi) is 5.35. The van der Waals surface area contributed by atoms with Gasteiger partial charge in [-0.05, 0) is 41.5 Å².